The Bertz CT molecular complexity index is 476. The monoisotopic (exact) mass is 280 g/mol. The van der Waals surface area contributed by atoms with Crippen LogP contribution < -0.4 is 11.3 Å². The summed E-state index contributed by atoms with van der Waals surface area (Å²) < 4.78 is 13.2. The van der Waals surface area contributed by atoms with E-state index in [1.807, 2.05) is 0 Å². The van der Waals surface area contributed by atoms with Gasteiger partial charge in [0.2, 0.25) is 0 Å². The van der Waals surface area contributed by atoms with Crippen molar-refractivity contribution in [2.45, 2.75) is 58.0 Å². The van der Waals surface area contributed by atoms with Crippen molar-refractivity contribution in [3.05, 3.63) is 28.7 Å². The standard InChI is InChI=1S/C15H24N2O3/c1-11-8-14(9-12(2)20-11)19-7-3-6-17-10-13(16)4-5-15(17)18/h4-5,10-12,14H,3,6-9,16H2,1-2H3. The smallest absolute Gasteiger partial charge is 0.250 e. The van der Waals surface area contributed by atoms with E-state index in [1.54, 1.807) is 16.8 Å². The van der Waals surface area contributed by atoms with Gasteiger partial charge in [-0.25, -0.2) is 0 Å². The molecule has 0 aromatic carbocycles. The average Bonchev–Trinajstić information content (AvgIpc) is 2.37. The zero-order chi connectivity index (χ0) is 14.5. The summed E-state index contributed by atoms with van der Waals surface area (Å²) in [6.07, 6.45) is 5.18. The van der Waals surface area contributed by atoms with E-state index in [-0.39, 0.29) is 23.9 Å². The molecule has 1 aromatic rings. The number of nitrogens with zero attached hydrogens (tertiary/aromatic N) is 1. The van der Waals surface area contributed by atoms with E-state index < -0.39 is 0 Å². The lowest BCUT2D eigenvalue weighted by molar-refractivity contribution is -0.102. The second-order valence-corrected chi connectivity index (χ2v) is 5.57. The van der Waals surface area contributed by atoms with Gasteiger partial charge >= 0.3 is 0 Å². The highest BCUT2D eigenvalue weighted by atomic mass is 16.5. The fourth-order valence-corrected chi connectivity index (χ4v) is 2.69. The van der Waals surface area contributed by atoms with E-state index in [9.17, 15) is 4.79 Å². The van der Waals surface area contributed by atoms with Gasteiger partial charge in [-0.05, 0) is 39.2 Å². The van der Waals surface area contributed by atoms with E-state index in [1.165, 1.54) is 6.07 Å². The van der Waals surface area contributed by atoms with Gasteiger partial charge in [0, 0.05) is 31.1 Å². The largest absolute Gasteiger partial charge is 0.398 e. The number of ether oxygens (including phenoxy) is 2. The topological polar surface area (TPSA) is 66.5 Å². The minimum Gasteiger partial charge on any atom is -0.398 e. The van der Waals surface area contributed by atoms with Crippen molar-refractivity contribution in [3.8, 4) is 0 Å². The lowest BCUT2D eigenvalue weighted by Crippen LogP contribution is -2.34. The summed E-state index contributed by atoms with van der Waals surface area (Å²) in [7, 11) is 0. The lowest BCUT2D eigenvalue weighted by atomic mass is 10.0. The molecule has 2 heterocycles. The van der Waals surface area contributed by atoms with Crippen LogP contribution in [0.5, 0.6) is 0 Å². The zero-order valence-corrected chi connectivity index (χ0v) is 12.2. The van der Waals surface area contributed by atoms with Gasteiger partial charge in [0.25, 0.3) is 5.56 Å². The van der Waals surface area contributed by atoms with Crippen molar-refractivity contribution < 1.29 is 9.47 Å². The van der Waals surface area contributed by atoms with Gasteiger partial charge in [-0.1, -0.05) is 0 Å². The molecule has 1 saturated heterocycles. The maximum atomic E-state index is 11.6. The molecular formula is C15H24N2O3. The first-order chi connectivity index (χ1) is 9.54. The van der Waals surface area contributed by atoms with Gasteiger partial charge in [0.1, 0.15) is 0 Å². The van der Waals surface area contributed by atoms with Crippen molar-refractivity contribution in [2.75, 3.05) is 12.3 Å². The van der Waals surface area contributed by atoms with E-state index in [2.05, 4.69) is 13.8 Å². The Labute approximate surface area is 119 Å². The van der Waals surface area contributed by atoms with Gasteiger partial charge in [-0.3, -0.25) is 4.79 Å². The minimum atomic E-state index is -0.0208. The number of nitrogens with two attached hydrogens (primary N) is 1. The van der Waals surface area contributed by atoms with E-state index in [4.69, 9.17) is 15.2 Å². The first kappa shape index (κ1) is 15.1. The first-order valence-electron chi connectivity index (χ1n) is 7.27. The predicted molar refractivity (Wildman–Crippen MR) is 78.7 cm³/mol. The fraction of sp³-hybridized carbons (Fsp3) is 0.667. The Morgan fingerprint density at radius 1 is 1.35 bits per heavy atom. The molecule has 2 rings (SSSR count). The summed E-state index contributed by atoms with van der Waals surface area (Å²) >= 11 is 0. The molecule has 1 fully saturated rings. The average molecular weight is 280 g/mol. The number of nitrogen functional groups attached to an aromatic ring is 1. The van der Waals surface area contributed by atoms with Crippen LogP contribution in [0.25, 0.3) is 0 Å². The van der Waals surface area contributed by atoms with Crippen LogP contribution in [0, 0.1) is 0 Å². The Kier molecular flexibility index (Phi) is 5.20. The number of rotatable bonds is 5. The molecule has 5 nitrogen and oxygen atoms in total. The summed E-state index contributed by atoms with van der Waals surface area (Å²) in [6.45, 7) is 5.46. The molecule has 0 saturated carbocycles. The first-order valence-corrected chi connectivity index (χ1v) is 7.27. The van der Waals surface area contributed by atoms with Crippen molar-refractivity contribution in [1.82, 2.24) is 4.57 Å². The second kappa shape index (κ2) is 6.90. The second-order valence-electron chi connectivity index (χ2n) is 5.57. The molecule has 1 aliphatic rings. The third-order valence-electron chi connectivity index (χ3n) is 3.56. The van der Waals surface area contributed by atoms with Crippen LogP contribution in [-0.2, 0) is 16.0 Å². The third-order valence-corrected chi connectivity index (χ3v) is 3.56. The van der Waals surface area contributed by atoms with Crippen LogP contribution in [0.15, 0.2) is 23.1 Å². The quantitative estimate of drug-likeness (QED) is 0.835. The SMILES string of the molecule is CC1CC(OCCCn2cc(N)ccc2=O)CC(C)O1. The summed E-state index contributed by atoms with van der Waals surface area (Å²) in [5.41, 5.74) is 6.26. The number of pyridine rings is 1. The molecule has 0 bridgehead atoms. The molecule has 20 heavy (non-hydrogen) atoms. The van der Waals surface area contributed by atoms with Crippen molar-refractivity contribution in [2.24, 2.45) is 0 Å². The van der Waals surface area contributed by atoms with Crippen LogP contribution in [0.2, 0.25) is 0 Å². The van der Waals surface area contributed by atoms with Crippen molar-refractivity contribution in [1.29, 1.82) is 0 Å². The van der Waals surface area contributed by atoms with Crippen LogP contribution in [-0.4, -0.2) is 29.5 Å². The Hall–Kier alpha value is -1.33. The molecule has 0 spiro atoms. The van der Waals surface area contributed by atoms with Gasteiger partial charge < -0.3 is 19.8 Å². The molecular weight excluding hydrogens is 256 g/mol. The Morgan fingerprint density at radius 2 is 2.05 bits per heavy atom. The number of aryl methyl sites for hydroxylation is 1. The maximum absolute atomic E-state index is 11.6. The normalized spacial score (nSPS) is 26.6. The molecule has 5 heteroatoms. The lowest BCUT2D eigenvalue weighted by Gasteiger charge is -2.32. The summed E-state index contributed by atoms with van der Waals surface area (Å²) in [6, 6.07) is 3.12. The number of anilines is 1. The van der Waals surface area contributed by atoms with Crippen LogP contribution in [0.1, 0.15) is 33.1 Å². The summed E-state index contributed by atoms with van der Waals surface area (Å²) in [5.74, 6) is 0. The van der Waals surface area contributed by atoms with Gasteiger partial charge in [-0.2, -0.15) is 0 Å². The molecule has 0 radical (unpaired) electrons. The number of hydrogen-bond donors (Lipinski definition) is 1. The highest BCUT2D eigenvalue weighted by molar-refractivity contribution is 5.33. The van der Waals surface area contributed by atoms with Gasteiger partial charge in [-0.15, -0.1) is 0 Å². The molecule has 1 aromatic heterocycles. The van der Waals surface area contributed by atoms with E-state index >= 15 is 0 Å². The number of aromatic nitrogens is 1. The van der Waals surface area contributed by atoms with Crippen molar-refractivity contribution in [3.63, 3.8) is 0 Å². The van der Waals surface area contributed by atoms with Crippen molar-refractivity contribution >= 4 is 5.69 Å². The van der Waals surface area contributed by atoms with E-state index in [0.717, 1.165) is 19.3 Å². The Balaban J connectivity index is 1.73. The number of hydrogen-bond acceptors (Lipinski definition) is 4. The molecule has 2 unspecified atom stereocenters. The highest BCUT2D eigenvalue weighted by Gasteiger charge is 2.24. The zero-order valence-electron chi connectivity index (χ0n) is 12.2. The molecule has 0 amide bonds. The van der Waals surface area contributed by atoms with Crippen LogP contribution >= 0.6 is 0 Å². The summed E-state index contributed by atoms with van der Waals surface area (Å²) in [5, 5.41) is 0. The Morgan fingerprint density at radius 3 is 2.75 bits per heavy atom. The van der Waals surface area contributed by atoms with E-state index in [0.29, 0.717) is 18.8 Å². The van der Waals surface area contributed by atoms with Gasteiger partial charge in [0.15, 0.2) is 0 Å². The predicted octanol–water partition coefficient (Wildman–Crippen LogP) is 1.79. The minimum absolute atomic E-state index is 0.0208. The maximum Gasteiger partial charge on any atom is 0.250 e. The molecule has 1 aliphatic heterocycles. The molecule has 2 atom stereocenters. The highest BCUT2D eigenvalue weighted by Crippen LogP contribution is 2.21. The van der Waals surface area contributed by atoms with Crippen LogP contribution in [0.4, 0.5) is 5.69 Å². The fourth-order valence-electron chi connectivity index (χ4n) is 2.69. The molecule has 0 aliphatic carbocycles. The van der Waals surface area contributed by atoms with Crippen LogP contribution in [0.3, 0.4) is 0 Å². The molecule has 2 N–H and O–H groups in total. The molecule has 112 valence electrons. The van der Waals surface area contributed by atoms with Gasteiger partial charge in [0.05, 0.1) is 18.3 Å². The third kappa shape index (κ3) is 4.35. The summed E-state index contributed by atoms with van der Waals surface area (Å²) in [4.78, 5) is 11.6.